The molecular weight excluding hydrogens is 246 g/mol. The van der Waals surface area contributed by atoms with E-state index in [4.69, 9.17) is 4.52 Å². The van der Waals surface area contributed by atoms with Gasteiger partial charge in [-0.2, -0.15) is 16.7 Å². The summed E-state index contributed by atoms with van der Waals surface area (Å²) < 4.78 is 5.41. The zero-order valence-corrected chi connectivity index (χ0v) is 11.7. The van der Waals surface area contributed by atoms with E-state index in [2.05, 4.69) is 22.4 Å². The molecule has 0 spiro atoms. The van der Waals surface area contributed by atoms with Crippen molar-refractivity contribution in [2.75, 3.05) is 5.75 Å². The van der Waals surface area contributed by atoms with Crippen molar-refractivity contribution in [1.29, 1.82) is 0 Å². The molecule has 2 heterocycles. The summed E-state index contributed by atoms with van der Waals surface area (Å²) in [5.41, 5.74) is 0. The minimum atomic E-state index is 0.297. The summed E-state index contributed by atoms with van der Waals surface area (Å²) in [5.74, 6) is 4.42. The molecule has 3 atom stereocenters. The summed E-state index contributed by atoms with van der Waals surface area (Å²) in [6.45, 7) is 2.15. The number of fused-ring (bicyclic) bond motifs is 1. The van der Waals surface area contributed by atoms with Crippen LogP contribution in [0.25, 0.3) is 0 Å². The van der Waals surface area contributed by atoms with Crippen LogP contribution in [0.2, 0.25) is 0 Å². The summed E-state index contributed by atoms with van der Waals surface area (Å²) >= 11 is 1.83. The second-order valence-electron chi connectivity index (χ2n) is 5.29. The number of nitrogens with zero attached hydrogens (tertiary/aromatic N) is 2. The zero-order chi connectivity index (χ0) is 12.4. The van der Waals surface area contributed by atoms with Crippen LogP contribution in [0.3, 0.4) is 0 Å². The number of hydrogen-bond donors (Lipinski definition) is 1. The van der Waals surface area contributed by atoms with E-state index in [9.17, 15) is 0 Å². The summed E-state index contributed by atoms with van der Waals surface area (Å²) in [5, 5.41) is 7.74. The van der Waals surface area contributed by atoms with Crippen LogP contribution in [0.1, 0.15) is 56.8 Å². The van der Waals surface area contributed by atoms with Crippen molar-refractivity contribution in [2.24, 2.45) is 5.92 Å². The van der Waals surface area contributed by atoms with Crippen LogP contribution in [0.15, 0.2) is 4.52 Å². The van der Waals surface area contributed by atoms with Crippen molar-refractivity contribution in [3.05, 3.63) is 11.7 Å². The molecule has 4 nitrogen and oxygen atoms in total. The van der Waals surface area contributed by atoms with Crippen LogP contribution in [0, 0.1) is 5.92 Å². The predicted octanol–water partition coefficient (Wildman–Crippen LogP) is 2.92. The van der Waals surface area contributed by atoms with Crippen LogP contribution in [-0.4, -0.2) is 21.9 Å². The minimum absolute atomic E-state index is 0.297. The van der Waals surface area contributed by atoms with Crippen molar-refractivity contribution in [3.63, 3.8) is 0 Å². The van der Waals surface area contributed by atoms with Gasteiger partial charge in [-0.15, -0.1) is 0 Å². The fraction of sp³-hybridized carbons (Fsp3) is 0.846. The van der Waals surface area contributed by atoms with Gasteiger partial charge < -0.3 is 9.84 Å². The minimum Gasteiger partial charge on any atom is -0.338 e. The van der Waals surface area contributed by atoms with Gasteiger partial charge in [0.2, 0.25) is 5.89 Å². The van der Waals surface area contributed by atoms with Crippen molar-refractivity contribution in [1.82, 2.24) is 15.5 Å². The Bertz CT molecular complexity index is 381. The highest BCUT2D eigenvalue weighted by Crippen LogP contribution is 2.38. The standard InChI is InChI=1S/C13H21N3OS/c1-2-18-8-12-15-13(17-16-12)11-7-9-5-3-4-6-10(9)14-11/h9-11,14H,2-8H2,1H3. The molecule has 1 aliphatic carbocycles. The van der Waals surface area contributed by atoms with Crippen LogP contribution in [-0.2, 0) is 5.75 Å². The number of nitrogens with one attached hydrogen (secondary N) is 1. The fourth-order valence-corrected chi connectivity index (χ4v) is 3.68. The van der Waals surface area contributed by atoms with Gasteiger partial charge in [-0.3, -0.25) is 0 Å². The van der Waals surface area contributed by atoms with Crippen LogP contribution >= 0.6 is 11.8 Å². The second kappa shape index (κ2) is 5.61. The lowest BCUT2D eigenvalue weighted by Crippen LogP contribution is -2.30. The van der Waals surface area contributed by atoms with Crippen molar-refractivity contribution in [2.45, 2.75) is 56.9 Å². The van der Waals surface area contributed by atoms with E-state index in [1.54, 1.807) is 0 Å². The maximum Gasteiger partial charge on any atom is 0.243 e. The smallest absolute Gasteiger partial charge is 0.243 e. The summed E-state index contributed by atoms with van der Waals surface area (Å²) in [7, 11) is 0. The number of hydrogen-bond acceptors (Lipinski definition) is 5. The van der Waals surface area contributed by atoms with E-state index in [-0.39, 0.29) is 0 Å². The molecule has 2 fully saturated rings. The van der Waals surface area contributed by atoms with Gasteiger partial charge in [0, 0.05) is 6.04 Å². The predicted molar refractivity (Wildman–Crippen MR) is 72.4 cm³/mol. The summed E-state index contributed by atoms with van der Waals surface area (Å²) in [6.07, 6.45) is 6.60. The Kier molecular flexibility index (Phi) is 3.89. The normalized spacial score (nSPS) is 31.5. The molecule has 3 rings (SSSR count). The zero-order valence-electron chi connectivity index (χ0n) is 10.9. The Labute approximate surface area is 112 Å². The summed E-state index contributed by atoms with van der Waals surface area (Å²) in [6, 6.07) is 0.982. The van der Waals surface area contributed by atoms with Crippen LogP contribution < -0.4 is 5.32 Å². The molecule has 1 aromatic rings. The monoisotopic (exact) mass is 267 g/mol. The first kappa shape index (κ1) is 12.5. The van der Waals surface area contributed by atoms with Crippen molar-refractivity contribution in [3.8, 4) is 0 Å². The van der Waals surface area contributed by atoms with E-state index < -0.39 is 0 Å². The molecule has 0 bridgehead atoms. The quantitative estimate of drug-likeness (QED) is 0.909. The Hall–Kier alpha value is -0.550. The Morgan fingerprint density at radius 1 is 1.39 bits per heavy atom. The third-order valence-electron chi connectivity index (χ3n) is 4.08. The first-order valence-electron chi connectivity index (χ1n) is 7.03. The van der Waals surface area contributed by atoms with E-state index in [1.165, 1.54) is 32.1 Å². The molecule has 2 aliphatic rings. The van der Waals surface area contributed by atoms with Gasteiger partial charge in [-0.05, 0) is 30.9 Å². The second-order valence-corrected chi connectivity index (χ2v) is 6.57. The lowest BCUT2D eigenvalue weighted by atomic mass is 9.85. The molecule has 0 amide bonds. The third kappa shape index (κ3) is 2.57. The van der Waals surface area contributed by atoms with Gasteiger partial charge in [0.1, 0.15) is 0 Å². The summed E-state index contributed by atoms with van der Waals surface area (Å²) in [4.78, 5) is 4.53. The molecule has 0 radical (unpaired) electrons. The number of thioether (sulfide) groups is 1. The topological polar surface area (TPSA) is 51.0 Å². The Morgan fingerprint density at radius 3 is 3.11 bits per heavy atom. The maximum atomic E-state index is 5.41. The molecule has 1 aromatic heterocycles. The Balaban J connectivity index is 1.63. The van der Waals surface area contributed by atoms with Gasteiger partial charge >= 0.3 is 0 Å². The highest BCUT2D eigenvalue weighted by Gasteiger charge is 2.37. The van der Waals surface area contributed by atoms with Crippen LogP contribution in [0.5, 0.6) is 0 Å². The highest BCUT2D eigenvalue weighted by molar-refractivity contribution is 7.98. The van der Waals surface area contributed by atoms with E-state index >= 15 is 0 Å². The van der Waals surface area contributed by atoms with Gasteiger partial charge in [0.05, 0.1) is 11.8 Å². The van der Waals surface area contributed by atoms with Crippen molar-refractivity contribution >= 4 is 11.8 Å². The number of rotatable bonds is 4. The lowest BCUT2D eigenvalue weighted by Gasteiger charge is -2.24. The largest absolute Gasteiger partial charge is 0.338 e. The van der Waals surface area contributed by atoms with Gasteiger partial charge in [-0.25, -0.2) is 0 Å². The highest BCUT2D eigenvalue weighted by atomic mass is 32.2. The van der Waals surface area contributed by atoms with E-state index in [0.29, 0.717) is 12.1 Å². The lowest BCUT2D eigenvalue weighted by molar-refractivity contribution is 0.324. The van der Waals surface area contributed by atoms with Gasteiger partial charge in [-0.1, -0.05) is 24.9 Å². The van der Waals surface area contributed by atoms with Crippen molar-refractivity contribution < 1.29 is 4.52 Å². The molecule has 100 valence electrons. The SMILES string of the molecule is CCSCc1noc(C2CC3CCCCC3N2)n1. The average molecular weight is 267 g/mol. The molecule has 1 saturated heterocycles. The maximum absolute atomic E-state index is 5.41. The number of aromatic nitrogens is 2. The van der Waals surface area contributed by atoms with E-state index in [1.807, 2.05) is 11.8 Å². The van der Waals surface area contributed by atoms with Crippen LogP contribution in [0.4, 0.5) is 0 Å². The molecule has 0 aromatic carbocycles. The molecule has 1 saturated carbocycles. The first-order valence-corrected chi connectivity index (χ1v) is 8.18. The molecule has 18 heavy (non-hydrogen) atoms. The van der Waals surface area contributed by atoms with Gasteiger partial charge in [0.15, 0.2) is 5.82 Å². The molecule has 1 aliphatic heterocycles. The first-order chi connectivity index (χ1) is 8.86. The molecule has 5 heteroatoms. The van der Waals surface area contributed by atoms with Gasteiger partial charge in [0.25, 0.3) is 0 Å². The fourth-order valence-electron chi connectivity index (χ4n) is 3.17. The average Bonchev–Trinajstić information content (AvgIpc) is 3.02. The molecule has 1 N–H and O–H groups in total. The molecular formula is C13H21N3OS. The Morgan fingerprint density at radius 2 is 2.28 bits per heavy atom. The third-order valence-corrected chi connectivity index (χ3v) is 4.95. The van der Waals surface area contributed by atoms with E-state index in [0.717, 1.165) is 29.1 Å². The molecule has 3 unspecified atom stereocenters.